The van der Waals surface area contributed by atoms with E-state index in [-0.39, 0.29) is 18.6 Å². The van der Waals surface area contributed by atoms with Gasteiger partial charge >= 0.3 is 0 Å². The lowest BCUT2D eigenvalue weighted by molar-refractivity contribution is -0.134. The van der Waals surface area contributed by atoms with Gasteiger partial charge < -0.3 is 19.6 Å². The minimum absolute atomic E-state index is 0.0164. The maximum atomic E-state index is 12.5. The Kier molecular flexibility index (Phi) is 7.25. The Bertz CT molecular complexity index is 1120. The third kappa shape index (κ3) is 4.96. The second-order valence-electron chi connectivity index (χ2n) is 8.99. The standard InChI is InChI=1S/C26H31N5O3/c1-17(16-32)23-13-20(6-8-28-23)22-12-21(14-27)26(29-25(22)19-4-5-19)30-9-10-31(18(2)15-30)24(33)7-11-34-3/h6,8,12-13,18-19,32H,1,4-5,7,9-11,15-16H2,2-3H3. The van der Waals surface area contributed by atoms with Gasteiger partial charge in [-0.15, -0.1) is 0 Å². The van der Waals surface area contributed by atoms with Gasteiger partial charge in [-0.1, -0.05) is 6.58 Å². The van der Waals surface area contributed by atoms with Crippen molar-refractivity contribution in [3.63, 3.8) is 0 Å². The van der Waals surface area contributed by atoms with Gasteiger partial charge in [0, 0.05) is 50.5 Å². The average Bonchev–Trinajstić information content (AvgIpc) is 3.71. The molecular weight excluding hydrogens is 430 g/mol. The van der Waals surface area contributed by atoms with Gasteiger partial charge in [-0.3, -0.25) is 9.78 Å². The lowest BCUT2D eigenvalue weighted by Crippen LogP contribution is -2.54. The third-order valence-electron chi connectivity index (χ3n) is 6.51. The van der Waals surface area contributed by atoms with Crippen molar-refractivity contribution in [2.45, 2.75) is 38.1 Å². The van der Waals surface area contributed by atoms with Crippen molar-refractivity contribution in [1.82, 2.24) is 14.9 Å². The van der Waals surface area contributed by atoms with E-state index in [1.807, 2.05) is 30.0 Å². The number of pyridine rings is 2. The molecule has 1 saturated heterocycles. The largest absolute Gasteiger partial charge is 0.392 e. The normalized spacial score (nSPS) is 18.0. The number of carbonyl (C=O) groups excluding carboxylic acids is 1. The number of rotatable bonds is 8. The quantitative estimate of drug-likeness (QED) is 0.645. The Morgan fingerprint density at radius 2 is 2.15 bits per heavy atom. The van der Waals surface area contributed by atoms with Crippen molar-refractivity contribution < 1.29 is 14.6 Å². The van der Waals surface area contributed by atoms with Gasteiger partial charge in [0.25, 0.3) is 0 Å². The highest BCUT2D eigenvalue weighted by atomic mass is 16.5. The van der Waals surface area contributed by atoms with Crippen LogP contribution in [0.15, 0.2) is 31.0 Å². The first kappa shape index (κ1) is 23.9. The first-order valence-corrected chi connectivity index (χ1v) is 11.7. The van der Waals surface area contributed by atoms with E-state index in [4.69, 9.17) is 9.72 Å². The van der Waals surface area contributed by atoms with E-state index in [9.17, 15) is 15.2 Å². The van der Waals surface area contributed by atoms with Crippen LogP contribution in [0.4, 0.5) is 5.82 Å². The number of aliphatic hydroxyl groups excluding tert-OH is 1. The fourth-order valence-corrected chi connectivity index (χ4v) is 4.47. The van der Waals surface area contributed by atoms with Crippen LogP contribution in [-0.4, -0.2) is 71.9 Å². The van der Waals surface area contributed by atoms with E-state index in [1.54, 1.807) is 13.3 Å². The minimum Gasteiger partial charge on any atom is -0.392 e. The van der Waals surface area contributed by atoms with Crippen molar-refractivity contribution in [3.05, 3.63) is 47.9 Å². The van der Waals surface area contributed by atoms with Crippen molar-refractivity contribution >= 4 is 17.3 Å². The Morgan fingerprint density at radius 1 is 1.35 bits per heavy atom. The Morgan fingerprint density at radius 3 is 2.79 bits per heavy atom. The fourth-order valence-electron chi connectivity index (χ4n) is 4.47. The van der Waals surface area contributed by atoms with Crippen molar-refractivity contribution in [3.8, 4) is 17.2 Å². The molecule has 2 aromatic rings. The lowest BCUT2D eigenvalue weighted by atomic mass is 9.98. The number of ether oxygens (including phenoxy) is 1. The number of nitriles is 1. The predicted molar refractivity (Wildman–Crippen MR) is 130 cm³/mol. The number of nitrogens with zero attached hydrogens (tertiary/aromatic N) is 5. The molecule has 2 fully saturated rings. The van der Waals surface area contributed by atoms with Gasteiger partial charge in [-0.05, 0) is 49.1 Å². The molecule has 1 N–H and O–H groups in total. The number of aromatic nitrogens is 2. The lowest BCUT2D eigenvalue weighted by Gasteiger charge is -2.41. The zero-order valence-electron chi connectivity index (χ0n) is 19.8. The summed E-state index contributed by atoms with van der Waals surface area (Å²) in [6, 6.07) is 8.09. The van der Waals surface area contributed by atoms with Gasteiger partial charge in [0.15, 0.2) is 0 Å². The summed E-state index contributed by atoms with van der Waals surface area (Å²) in [6.07, 6.45) is 4.22. The van der Waals surface area contributed by atoms with Gasteiger partial charge in [0.1, 0.15) is 11.9 Å². The van der Waals surface area contributed by atoms with Crippen LogP contribution in [0.1, 0.15) is 49.1 Å². The van der Waals surface area contributed by atoms with Crippen LogP contribution in [0.5, 0.6) is 0 Å². The van der Waals surface area contributed by atoms with E-state index >= 15 is 0 Å². The summed E-state index contributed by atoms with van der Waals surface area (Å²) in [4.78, 5) is 25.9. The number of hydrogen-bond donors (Lipinski definition) is 1. The van der Waals surface area contributed by atoms with Crippen LogP contribution in [0, 0.1) is 11.3 Å². The van der Waals surface area contributed by atoms with Crippen molar-refractivity contribution in [2.24, 2.45) is 0 Å². The zero-order chi connectivity index (χ0) is 24.2. The number of carbonyl (C=O) groups is 1. The van der Waals surface area contributed by atoms with Gasteiger partial charge in [-0.25, -0.2) is 4.98 Å². The maximum absolute atomic E-state index is 12.5. The maximum Gasteiger partial charge on any atom is 0.225 e. The molecule has 3 heterocycles. The highest BCUT2D eigenvalue weighted by Crippen LogP contribution is 2.45. The summed E-state index contributed by atoms with van der Waals surface area (Å²) >= 11 is 0. The topological polar surface area (TPSA) is 103 Å². The molecule has 1 amide bonds. The van der Waals surface area contributed by atoms with Crippen LogP contribution < -0.4 is 4.90 Å². The number of methoxy groups -OCH3 is 1. The summed E-state index contributed by atoms with van der Waals surface area (Å²) in [7, 11) is 1.60. The van der Waals surface area contributed by atoms with Crippen LogP contribution in [0.2, 0.25) is 0 Å². The molecule has 34 heavy (non-hydrogen) atoms. The van der Waals surface area contributed by atoms with Crippen molar-refractivity contribution in [2.75, 3.05) is 44.9 Å². The van der Waals surface area contributed by atoms with Crippen LogP contribution in [0.3, 0.4) is 0 Å². The molecule has 2 aromatic heterocycles. The monoisotopic (exact) mass is 461 g/mol. The SMILES string of the molecule is C=C(CO)c1cc(-c2cc(C#N)c(N3CCN(C(=O)CCOC)C(C)C3)nc2C2CC2)ccn1. The first-order valence-electron chi connectivity index (χ1n) is 11.7. The summed E-state index contributed by atoms with van der Waals surface area (Å²) < 4.78 is 5.05. The van der Waals surface area contributed by atoms with Crippen LogP contribution in [0.25, 0.3) is 16.7 Å². The molecule has 1 saturated carbocycles. The molecule has 0 aromatic carbocycles. The highest BCUT2D eigenvalue weighted by Gasteiger charge is 2.33. The molecule has 1 unspecified atom stereocenters. The van der Waals surface area contributed by atoms with Crippen molar-refractivity contribution in [1.29, 1.82) is 5.26 Å². The molecule has 0 bridgehead atoms. The molecule has 2 aliphatic rings. The molecule has 4 rings (SSSR count). The highest BCUT2D eigenvalue weighted by molar-refractivity contribution is 5.78. The first-order chi connectivity index (χ1) is 16.5. The Labute approximate surface area is 200 Å². The number of amides is 1. The van der Waals surface area contributed by atoms with E-state index < -0.39 is 0 Å². The molecular formula is C26H31N5O3. The predicted octanol–water partition coefficient (Wildman–Crippen LogP) is 2.97. The second kappa shape index (κ2) is 10.3. The smallest absolute Gasteiger partial charge is 0.225 e. The summed E-state index contributed by atoms with van der Waals surface area (Å²) in [5.74, 6) is 1.15. The number of anilines is 1. The fraction of sp³-hybridized carbons (Fsp3) is 0.462. The van der Waals surface area contributed by atoms with Crippen LogP contribution >= 0.6 is 0 Å². The molecule has 0 radical (unpaired) electrons. The van der Waals surface area contributed by atoms with E-state index in [1.165, 1.54) is 0 Å². The molecule has 1 aliphatic heterocycles. The number of aliphatic hydroxyl groups is 1. The van der Waals surface area contributed by atoms with E-state index in [0.29, 0.717) is 61.2 Å². The van der Waals surface area contributed by atoms with Crippen LogP contribution in [-0.2, 0) is 9.53 Å². The van der Waals surface area contributed by atoms with Gasteiger partial charge in [0.2, 0.25) is 5.91 Å². The summed E-state index contributed by atoms with van der Waals surface area (Å²) in [5.41, 5.74) is 4.54. The summed E-state index contributed by atoms with van der Waals surface area (Å²) in [5, 5.41) is 19.4. The molecule has 8 nitrogen and oxygen atoms in total. The van der Waals surface area contributed by atoms with E-state index in [0.717, 1.165) is 29.7 Å². The third-order valence-corrected chi connectivity index (χ3v) is 6.51. The van der Waals surface area contributed by atoms with Gasteiger partial charge in [0.05, 0.1) is 36.6 Å². The second-order valence-corrected chi connectivity index (χ2v) is 8.99. The average molecular weight is 462 g/mol. The van der Waals surface area contributed by atoms with E-state index in [2.05, 4.69) is 22.5 Å². The number of hydrogen-bond acceptors (Lipinski definition) is 7. The Balaban J connectivity index is 1.65. The molecule has 8 heteroatoms. The molecule has 1 atom stereocenters. The summed E-state index contributed by atoms with van der Waals surface area (Å²) in [6.45, 7) is 8.01. The Hall–Kier alpha value is -3.28. The number of piperazine rings is 1. The molecule has 178 valence electrons. The molecule has 0 spiro atoms. The zero-order valence-corrected chi connectivity index (χ0v) is 19.8. The molecule has 1 aliphatic carbocycles. The minimum atomic E-state index is -0.162. The van der Waals surface area contributed by atoms with Gasteiger partial charge in [-0.2, -0.15) is 5.26 Å².